The fraction of sp³-hybridized carbons (Fsp3) is 0.833. The first-order valence-electron chi connectivity index (χ1n) is 6.24. The molecule has 2 unspecified atom stereocenters. The molecule has 0 saturated carbocycles. The Morgan fingerprint density at radius 2 is 2.17 bits per heavy atom. The molecule has 6 nitrogen and oxygen atoms in total. The van der Waals surface area contributed by atoms with Gasteiger partial charge in [0.2, 0.25) is 11.8 Å². The molecule has 1 heterocycles. The Labute approximate surface area is 108 Å². The monoisotopic (exact) mass is 257 g/mol. The van der Waals surface area contributed by atoms with E-state index >= 15 is 0 Å². The fourth-order valence-corrected chi connectivity index (χ4v) is 2.00. The highest BCUT2D eigenvalue weighted by molar-refractivity contribution is 5.87. The summed E-state index contributed by atoms with van der Waals surface area (Å²) in [4.78, 5) is 25.1. The molecule has 2 N–H and O–H groups in total. The van der Waals surface area contributed by atoms with Gasteiger partial charge >= 0.3 is 0 Å². The molecule has 1 saturated heterocycles. The van der Waals surface area contributed by atoms with E-state index in [1.165, 1.54) is 4.90 Å². The van der Waals surface area contributed by atoms with E-state index < -0.39 is 0 Å². The van der Waals surface area contributed by atoms with Gasteiger partial charge in [-0.2, -0.15) is 0 Å². The van der Waals surface area contributed by atoms with Crippen molar-refractivity contribution in [2.75, 3.05) is 27.2 Å². The van der Waals surface area contributed by atoms with Crippen LogP contribution in [0.15, 0.2) is 0 Å². The van der Waals surface area contributed by atoms with Crippen LogP contribution in [0.25, 0.3) is 0 Å². The number of hydrogen-bond acceptors (Lipinski definition) is 4. The lowest BCUT2D eigenvalue weighted by Gasteiger charge is -2.21. The molecule has 0 radical (unpaired) electrons. The zero-order chi connectivity index (χ0) is 13.7. The molecule has 1 rings (SSSR count). The lowest BCUT2D eigenvalue weighted by atomic mass is 10.2. The van der Waals surface area contributed by atoms with Gasteiger partial charge in [0.15, 0.2) is 0 Å². The number of likely N-dealkylation sites (N-methyl/N-ethyl adjacent to an activating group) is 1. The van der Waals surface area contributed by atoms with Crippen LogP contribution in [0.4, 0.5) is 0 Å². The molecular weight excluding hydrogens is 234 g/mol. The summed E-state index contributed by atoms with van der Waals surface area (Å²) in [6.45, 7) is 4.55. The van der Waals surface area contributed by atoms with Gasteiger partial charge in [-0.05, 0) is 20.3 Å². The normalized spacial score (nSPS) is 23.2. The lowest BCUT2D eigenvalue weighted by molar-refractivity contribution is -0.136. The second-order valence-corrected chi connectivity index (χ2v) is 4.97. The maximum Gasteiger partial charge on any atom is 0.240 e. The Kier molecular flexibility index (Phi) is 5.55. The number of nitrogens with one attached hydrogen (secondary N) is 2. The Hall–Kier alpha value is -1.14. The van der Waals surface area contributed by atoms with Gasteiger partial charge in [-0.3, -0.25) is 9.59 Å². The predicted molar refractivity (Wildman–Crippen MR) is 68.1 cm³/mol. The summed E-state index contributed by atoms with van der Waals surface area (Å²) in [6.07, 6.45) is 0.739. The van der Waals surface area contributed by atoms with Crippen molar-refractivity contribution < 1.29 is 14.3 Å². The first kappa shape index (κ1) is 14.9. The molecule has 0 bridgehead atoms. The Balaban J connectivity index is 2.40. The third kappa shape index (κ3) is 4.27. The third-order valence-corrected chi connectivity index (χ3v) is 2.93. The van der Waals surface area contributed by atoms with Crippen molar-refractivity contribution in [2.45, 2.75) is 38.5 Å². The van der Waals surface area contributed by atoms with Crippen molar-refractivity contribution in [3.8, 4) is 0 Å². The van der Waals surface area contributed by atoms with Gasteiger partial charge in [-0.15, -0.1) is 0 Å². The molecular formula is C12H23N3O3. The van der Waals surface area contributed by atoms with Crippen molar-refractivity contribution in [3.05, 3.63) is 0 Å². The highest BCUT2D eigenvalue weighted by Crippen LogP contribution is 2.11. The number of rotatable bonds is 5. The van der Waals surface area contributed by atoms with Gasteiger partial charge in [0.25, 0.3) is 0 Å². The van der Waals surface area contributed by atoms with Crippen LogP contribution < -0.4 is 10.6 Å². The SMILES string of the molecule is COC1CNC(C(=O)N(C)CC(=O)NC(C)C)C1. The quantitative estimate of drug-likeness (QED) is 0.686. The van der Waals surface area contributed by atoms with Crippen LogP contribution in [-0.2, 0) is 14.3 Å². The van der Waals surface area contributed by atoms with Gasteiger partial charge in [0.05, 0.1) is 18.7 Å². The van der Waals surface area contributed by atoms with Crippen LogP contribution in [0.1, 0.15) is 20.3 Å². The molecule has 0 spiro atoms. The summed E-state index contributed by atoms with van der Waals surface area (Å²) < 4.78 is 5.19. The first-order chi connectivity index (χ1) is 8.43. The molecule has 2 amide bonds. The van der Waals surface area contributed by atoms with E-state index in [2.05, 4.69) is 10.6 Å². The number of methoxy groups -OCH3 is 1. The summed E-state index contributed by atoms with van der Waals surface area (Å²) in [5.74, 6) is -0.199. The Morgan fingerprint density at radius 1 is 1.50 bits per heavy atom. The minimum Gasteiger partial charge on any atom is -0.380 e. The number of carbonyl (C=O) groups excluding carboxylic acids is 2. The van der Waals surface area contributed by atoms with E-state index in [-0.39, 0.29) is 36.5 Å². The Morgan fingerprint density at radius 3 is 2.67 bits per heavy atom. The standard InChI is InChI=1S/C12H23N3O3/c1-8(2)14-11(16)7-15(3)12(17)10-5-9(18-4)6-13-10/h8-10,13H,5-7H2,1-4H3,(H,14,16). The van der Waals surface area contributed by atoms with Crippen LogP contribution in [0, 0.1) is 0 Å². The van der Waals surface area contributed by atoms with Crippen LogP contribution in [0.3, 0.4) is 0 Å². The largest absolute Gasteiger partial charge is 0.380 e. The third-order valence-electron chi connectivity index (χ3n) is 2.93. The average Bonchev–Trinajstić information content (AvgIpc) is 2.75. The van der Waals surface area contributed by atoms with Crippen LogP contribution in [-0.4, -0.2) is 62.1 Å². The molecule has 0 aromatic heterocycles. The highest BCUT2D eigenvalue weighted by atomic mass is 16.5. The van der Waals surface area contributed by atoms with Gasteiger partial charge in [-0.25, -0.2) is 0 Å². The molecule has 0 aromatic rings. The second kappa shape index (κ2) is 6.70. The molecule has 18 heavy (non-hydrogen) atoms. The van der Waals surface area contributed by atoms with E-state index in [0.29, 0.717) is 13.0 Å². The predicted octanol–water partition coefficient (Wildman–Crippen LogP) is -0.654. The summed E-state index contributed by atoms with van der Waals surface area (Å²) in [7, 11) is 3.28. The maximum absolute atomic E-state index is 12.1. The maximum atomic E-state index is 12.1. The van der Waals surface area contributed by atoms with Gasteiger partial charge in [0.1, 0.15) is 0 Å². The smallest absolute Gasteiger partial charge is 0.240 e. The van der Waals surface area contributed by atoms with E-state index in [0.717, 1.165) is 0 Å². The topological polar surface area (TPSA) is 70.7 Å². The summed E-state index contributed by atoms with van der Waals surface area (Å²) in [5, 5.41) is 5.87. The molecule has 6 heteroatoms. The number of ether oxygens (including phenoxy) is 1. The highest BCUT2D eigenvalue weighted by Gasteiger charge is 2.31. The van der Waals surface area contributed by atoms with Crippen LogP contribution in [0.2, 0.25) is 0 Å². The number of nitrogens with zero attached hydrogens (tertiary/aromatic N) is 1. The Bertz CT molecular complexity index is 307. The van der Waals surface area contributed by atoms with Crippen molar-refractivity contribution in [2.24, 2.45) is 0 Å². The zero-order valence-electron chi connectivity index (χ0n) is 11.5. The molecule has 1 fully saturated rings. The number of carbonyl (C=O) groups is 2. The van der Waals surface area contributed by atoms with Crippen molar-refractivity contribution >= 4 is 11.8 Å². The van der Waals surface area contributed by atoms with E-state index in [1.54, 1.807) is 14.2 Å². The van der Waals surface area contributed by atoms with E-state index in [4.69, 9.17) is 4.74 Å². The second-order valence-electron chi connectivity index (χ2n) is 4.97. The molecule has 2 atom stereocenters. The summed E-state index contributed by atoms with van der Waals surface area (Å²) in [5.41, 5.74) is 0. The van der Waals surface area contributed by atoms with Gasteiger partial charge in [0, 0.05) is 26.7 Å². The first-order valence-corrected chi connectivity index (χ1v) is 6.24. The molecule has 0 aromatic carbocycles. The van der Waals surface area contributed by atoms with Crippen LogP contribution >= 0.6 is 0 Å². The summed E-state index contributed by atoms with van der Waals surface area (Å²) in [6, 6.07) is -0.157. The lowest BCUT2D eigenvalue weighted by Crippen LogP contribution is -2.46. The number of hydrogen-bond donors (Lipinski definition) is 2. The summed E-state index contributed by atoms with van der Waals surface area (Å²) >= 11 is 0. The average molecular weight is 257 g/mol. The van der Waals surface area contributed by atoms with Gasteiger partial charge < -0.3 is 20.3 Å². The van der Waals surface area contributed by atoms with Crippen LogP contribution in [0.5, 0.6) is 0 Å². The molecule has 104 valence electrons. The van der Waals surface area contributed by atoms with Crippen molar-refractivity contribution in [3.63, 3.8) is 0 Å². The zero-order valence-corrected chi connectivity index (χ0v) is 11.5. The van der Waals surface area contributed by atoms with E-state index in [1.807, 2.05) is 13.8 Å². The van der Waals surface area contributed by atoms with E-state index in [9.17, 15) is 9.59 Å². The fourth-order valence-electron chi connectivity index (χ4n) is 2.00. The molecule has 1 aliphatic heterocycles. The van der Waals surface area contributed by atoms with Gasteiger partial charge in [-0.1, -0.05) is 0 Å². The molecule has 1 aliphatic rings. The minimum absolute atomic E-state index is 0.0616. The number of amides is 2. The molecule has 0 aliphatic carbocycles. The van der Waals surface area contributed by atoms with Crippen molar-refractivity contribution in [1.82, 2.24) is 15.5 Å². The van der Waals surface area contributed by atoms with Crippen molar-refractivity contribution in [1.29, 1.82) is 0 Å². The minimum atomic E-state index is -0.244.